The molecular formula is C5H13N3S3. The molecule has 0 aromatic carbocycles. The van der Waals surface area contributed by atoms with Crippen LogP contribution >= 0.6 is 35.7 Å². The Labute approximate surface area is 80.8 Å². The molecule has 11 heavy (non-hydrogen) atoms. The highest BCUT2D eigenvalue weighted by Crippen LogP contribution is 2.25. The number of hydrogen-bond donors (Lipinski definition) is 1. The summed E-state index contributed by atoms with van der Waals surface area (Å²) in [6.07, 6.45) is 6.30. The first kappa shape index (κ1) is 10.0. The lowest BCUT2D eigenvalue weighted by Gasteiger charge is -2.17. The van der Waals surface area contributed by atoms with Gasteiger partial charge in [-0.2, -0.15) is 14.4 Å². The number of nitrogens with zero attached hydrogens (tertiary/aromatic N) is 2. The molecule has 1 rings (SSSR count). The fourth-order valence-electron chi connectivity index (χ4n) is 0.875. The third-order valence-corrected chi connectivity index (χ3v) is 3.92. The van der Waals surface area contributed by atoms with Gasteiger partial charge in [-0.15, -0.1) is 11.8 Å². The van der Waals surface area contributed by atoms with Gasteiger partial charge in [-0.05, 0) is 18.8 Å². The van der Waals surface area contributed by atoms with E-state index in [4.69, 9.17) is 0 Å². The molecule has 1 heterocycles. The minimum absolute atomic E-state index is 0.567. The molecule has 0 amide bonds. The van der Waals surface area contributed by atoms with Crippen LogP contribution in [0.3, 0.4) is 0 Å². The third kappa shape index (κ3) is 2.43. The SMILES string of the molecule is CSC1CN(SC)NN1SC. The molecule has 66 valence electrons. The monoisotopic (exact) mass is 211 g/mol. The summed E-state index contributed by atoms with van der Waals surface area (Å²) >= 11 is 5.33. The Kier molecular flexibility index (Phi) is 4.40. The van der Waals surface area contributed by atoms with Crippen molar-refractivity contribution in [1.29, 1.82) is 0 Å². The summed E-state index contributed by atoms with van der Waals surface area (Å²) in [6.45, 7) is 1.07. The van der Waals surface area contributed by atoms with E-state index in [1.165, 1.54) is 0 Å². The number of thioether (sulfide) groups is 1. The molecule has 1 aliphatic rings. The van der Waals surface area contributed by atoms with Crippen molar-refractivity contribution < 1.29 is 0 Å². The number of hydrogen-bond acceptors (Lipinski definition) is 6. The van der Waals surface area contributed by atoms with Gasteiger partial charge in [-0.25, -0.2) is 0 Å². The van der Waals surface area contributed by atoms with E-state index in [1.54, 1.807) is 23.9 Å². The normalized spacial score (nSPS) is 28.1. The van der Waals surface area contributed by atoms with Crippen LogP contribution in [0.15, 0.2) is 0 Å². The maximum Gasteiger partial charge on any atom is 0.0971 e. The predicted molar refractivity (Wildman–Crippen MR) is 56.0 cm³/mol. The van der Waals surface area contributed by atoms with Crippen LogP contribution in [0.5, 0.6) is 0 Å². The van der Waals surface area contributed by atoms with Gasteiger partial charge in [0.1, 0.15) is 0 Å². The lowest BCUT2D eigenvalue weighted by Crippen LogP contribution is -2.32. The molecule has 0 aliphatic carbocycles. The summed E-state index contributed by atoms with van der Waals surface area (Å²) in [4.78, 5) is 0. The van der Waals surface area contributed by atoms with E-state index in [-0.39, 0.29) is 0 Å². The summed E-state index contributed by atoms with van der Waals surface area (Å²) in [5, 5.41) is 0.567. The van der Waals surface area contributed by atoms with Crippen molar-refractivity contribution in [2.75, 3.05) is 25.3 Å². The fourth-order valence-corrected chi connectivity index (χ4v) is 3.02. The lowest BCUT2D eigenvalue weighted by molar-refractivity contribution is 0.317. The topological polar surface area (TPSA) is 18.5 Å². The van der Waals surface area contributed by atoms with E-state index in [1.807, 2.05) is 11.8 Å². The molecular weight excluding hydrogens is 198 g/mol. The van der Waals surface area contributed by atoms with Gasteiger partial charge in [0.2, 0.25) is 0 Å². The Bertz CT molecular complexity index is 112. The van der Waals surface area contributed by atoms with Gasteiger partial charge in [-0.3, -0.25) is 0 Å². The largest absolute Gasteiger partial charge is 0.171 e. The van der Waals surface area contributed by atoms with E-state index < -0.39 is 0 Å². The molecule has 1 aliphatic heterocycles. The van der Waals surface area contributed by atoms with Crippen molar-refractivity contribution in [3.05, 3.63) is 0 Å². The van der Waals surface area contributed by atoms with Gasteiger partial charge in [0.25, 0.3) is 0 Å². The van der Waals surface area contributed by atoms with E-state index in [0.717, 1.165) is 6.54 Å². The van der Waals surface area contributed by atoms with Crippen LogP contribution in [0.2, 0.25) is 0 Å². The summed E-state index contributed by atoms with van der Waals surface area (Å²) in [6, 6.07) is 0. The molecule has 1 fully saturated rings. The van der Waals surface area contributed by atoms with Gasteiger partial charge in [-0.1, -0.05) is 23.9 Å². The third-order valence-electron chi connectivity index (χ3n) is 1.48. The van der Waals surface area contributed by atoms with Crippen molar-refractivity contribution in [2.24, 2.45) is 0 Å². The fraction of sp³-hybridized carbons (Fsp3) is 1.00. The van der Waals surface area contributed by atoms with Crippen molar-refractivity contribution in [3.63, 3.8) is 0 Å². The minimum Gasteiger partial charge on any atom is -0.171 e. The highest BCUT2D eigenvalue weighted by atomic mass is 32.2. The molecule has 0 spiro atoms. The maximum atomic E-state index is 3.26. The molecule has 0 radical (unpaired) electrons. The second-order valence-corrected chi connectivity index (χ2v) is 4.62. The van der Waals surface area contributed by atoms with Gasteiger partial charge in [0.15, 0.2) is 0 Å². The number of hydrazine groups is 2. The first-order chi connectivity index (χ1) is 5.31. The van der Waals surface area contributed by atoms with Gasteiger partial charge in [0, 0.05) is 0 Å². The predicted octanol–water partition coefficient (Wildman–Crippen LogP) is 1.27. The summed E-state index contributed by atoms with van der Waals surface area (Å²) in [5.41, 5.74) is 3.26. The van der Waals surface area contributed by atoms with Crippen LogP contribution in [-0.4, -0.2) is 39.5 Å². The average molecular weight is 211 g/mol. The Balaban J connectivity index is 2.41. The van der Waals surface area contributed by atoms with E-state index in [9.17, 15) is 0 Å². The lowest BCUT2D eigenvalue weighted by atomic mass is 10.7. The van der Waals surface area contributed by atoms with Crippen LogP contribution in [0, 0.1) is 0 Å². The molecule has 0 saturated carbocycles. The van der Waals surface area contributed by atoms with Gasteiger partial charge >= 0.3 is 0 Å². The Morgan fingerprint density at radius 3 is 2.36 bits per heavy atom. The van der Waals surface area contributed by atoms with Crippen LogP contribution in [0.1, 0.15) is 0 Å². The molecule has 1 atom stereocenters. The quantitative estimate of drug-likeness (QED) is 0.704. The second-order valence-electron chi connectivity index (χ2n) is 2.04. The first-order valence-electron chi connectivity index (χ1n) is 3.26. The van der Waals surface area contributed by atoms with Crippen molar-refractivity contribution >= 4 is 35.7 Å². The molecule has 3 nitrogen and oxygen atoms in total. The molecule has 1 unspecified atom stereocenters. The number of rotatable bonds is 3. The number of nitrogens with one attached hydrogen (secondary N) is 1. The minimum atomic E-state index is 0.567. The molecule has 0 aromatic rings. The standard InChI is InChI=1S/C5H13N3S3/c1-9-5-4-7(10-2)6-8(5)11-3/h5-6H,4H2,1-3H3. The zero-order valence-corrected chi connectivity index (χ0v) is 9.35. The van der Waals surface area contributed by atoms with Crippen molar-refractivity contribution in [1.82, 2.24) is 14.4 Å². The molecule has 0 bridgehead atoms. The second kappa shape index (κ2) is 4.84. The van der Waals surface area contributed by atoms with Gasteiger partial charge in [0.05, 0.1) is 11.9 Å². The molecule has 6 heteroatoms. The van der Waals surface area contributed by atoms with Crippen molar-refractivity contribution in [2.45, 2.75) is 5.37 Å². The van der Waals surface area contributed by atoms with Crippen LogP contribution in [0.4, 0.5) is 0 Å². The van der Waals surface area contributed by atoms with Crippen LogP contribution < -0.4 is 5.53 Å². The smallest absolute Gasteiger partial charge is 0.0971 e. The molecule has 1 saturated heterocycles. The van der Waals surface area contributed by atoms with Crippen LogP contribution in [0.25, 0.3) is 0 Å². The first-order valence-corrected chi connectivity index (χ1v) is 6.91. The van der Waals surface area contributed by atoms with E-state index in [2.05, 4.69) is 33.1 Å². The summed E-state index contributed by atoms with van der Waals surface area (Å²) in [7, 11) is 0. The Morgan fingerprint density at radius 2 is 2.00 bits per heavy atom. The zero-order chi connectivity index (χ0) is 8.27. The van der Waals surface area contributed by atoms with E-state index in [0.29, 0.717) is 5.37 Å². The molecule has 0 aromatic heterocycles. The summed E-state index contributed by atoms with van der Waals surface area (Å²) in [5.74, 6) is 0. The highest BCUT2D eigenvalue weighted by Gasteiger charge is 2.28. The van der Waals surface area contributed by atoms with Crippen molar-refractivity contribution in [3.8, 4) is 0 Å². The van der Waals surface area contributed by atoms with Gasteiger partial charge < -0.3 is 0 Å². The molecule has 1 N–H and O–H groups in total. The van der Waals surface area contributed by atoms with E-state index >= 15 is 0 Å². The highest BCUT2D eigenvalue weighted by molar-refractivity contribution is 8.01. The Morgan fingerprint density at radius 1 is 1.27 bits per heavy atom. The average Bonchev–Trinajstić information content (AvgIpc) is 2.46. The zero-order valence-electron chi connectivity index (χ0n) is 6.90. The summed E-state index contributed by atoms with van der Waals surface area (Å²) < 4.78 is 4.30. The van der Waals surface area contributed by atoms with Crippen LogP contribution in [-0.2, 0) is 0 Å². The maximum absolute atomic E-state index is 3.26. The Hall–Kier alpha value is 0.930.